The smallest absolute Gasteiger partial charge is 0.234 e. The van der Waals surface area contributed by atoms with Gasteiger partial charge in [-0.1, -0.05) is 0 Å². The summed E-state index contributed by atoms with van der Waals surface area (Å²) in [7, 11) is 0. The highest BCUT2D eigenvalue weighted by Gasteiger charge is 2.19. The number of imidazole rings is 1. The van der Waals surface area contributed by atoms with Crippen molar-refractivity contribution in [2.75, 3.05) is 0 Å². The first kappa shape index (κ1) is 9.61. The molecule has 5 heteroatoms. The van der Waals surface area contributed by atoms with Gasteiger partial charge < -0.3 is 5.11 Å². The number of hydrogen-bond donors (Lipinski definition) is 1. The SMILES string of the molecule is CC(C)(O)c1cn2cc(Br)cnc2n1. The van der Waals surface area contributed by atoms with Crippen molar-refractivity contribution < 1.29 is 5.11 Å². The van der Waals surface area contributed by atoms with E-state index in [1.54, 1.807) is 30.6 Å². The second-order valence-electron chi connectivity index (χ2n) is 3.66. The van der Waals surface area contributed by atoms with Gasteiger partial charge in [-0.3, -0.25) is 4.40 Å². The number of rotatable bonds is 1. The van der Waals surface area contributed by atoms with Gasteiger partial charge in [-0.25, -0.2) is 9.97 Å². The lowest BCUT2D eigenvalue weighted by molar-refractivity contribution is 0.0744. The molecule has 0 saturated heterocycles. The molecule has 0 saturated carbocycles. The Kier molecular flexibility index (Phi) is 2.08. The van der Waals surface area contributed by atoms with Gasteiger partial charge in [0, 0.05) is 18.6 Å². The second kappa shape index (κ2) is 3.03. The molecule has 0 unspecified atom stereocenters. The van der Waals surface area contributed by atoms with Gasteiger partial charge in [0.1, 0.15) is 5.60 Å². The molecule has 0 aliphatic rings. The molecule has 2 aromatic rings. The molecule has 74 valence electrons. The average molecular weight is 256 g/mol. The van der Waals surface area contributed by atoms with Gasteiger partial charge in [0.25, 0.3) is 0 Å². The third kappa shape index (κ3) is 1.65. The molecule has 14 heavy (non-hydrogen) atoms. The third-order valence-electron chi connectivity index (χ3n) is 1.91. The molecule has 2 rings (SSSR count). The lowest BCUT2D eigenvalue weighted by atomic mass is 10.1. The van der Waals surface area contributed by atoms with Crippen LogP contribution in [0.25, 0.3) is 5.78 Å². The molecule has 0 aliphatic heterocycles. The predicted octanol–water partition coefficient (Wildman–Crippen LogP) is 1.72. The summed E-state index contributed by atoms with van der Waals surface area (Å²) in [6.45, 7) is 3.40. The molecule has 2 heterocycles. The summed E-state index contributed by atoms with van der Waals surface area (Å²) in [6, 6.07) is 0. The van der Waals surface area contributed by atoms with E-state index in [9.17, 15) is 5.11 Å². The van der Waals surface area contributed by atoms with Crippen LogP contribution in [-0.2, 0) is 5.60 Å². The Morgan fingerprint density at radius 2 is 2.14 bits per heavy atom. The Hall–Kier alpha value is -0.940. The van der Waals surface area contributed by atoms with Gasteiger partial charge in [-0.2, -0.15) is 0 Å². The van der Waals surface area contributed by atoms with Crippen molar-refractivity contribution in [2.45, 2.75) is 19.4 Å². The van der Waals surface area contributed by atoms with Gasteiger partial charge in [-0.05, 0) is 29.8 Å². The van der Waals surface area contributed by atoms with E-state index in [0.29, 0.717) is 11.5 Å². The van der Waals surface area contributed by atoms with Crippen molar-refractivity contribution in [3.8, 4) is 0 Å². The van der Waals surface area contributed by atoms with E-state index in [-0.39, 0.29) is 0 Å². The van der Waals surface area contributed by atoms with Crippen LogP contribution in [0.15, 0.2) is 23.1 Å². The Morgan fingerprint density at radius 1 is 1.43 bits per heavy atom. The van der Waals surface area contributed by atoms with Crippen LogP contribution in [0, 0.1) is 0 Å². The number of fused-ring (bicyclic) bond motifs is 1. The maximum absolute atomic E-state index is 9.74. The van der Waals surface area contributed by atoms with Gasteiger partial charge >= 0.3 is 0 Å². The summed E-state index contributed by atoms with van der Waals surface area (Å²) < 4.78 is 2.65. The van der Waals surface area contributed by atoms with E-state index >= 15 is 0 Å². The van der Waals surface area contributed by atoms with Crippen LogP contribution >= 0.6 is 15.9 Å². The standard InChI is InChI=1S/C9H10BrN3O/c1-9(2,14)7-5-13-4-6(10)3-11-8(13)12-7/h3-5,14H,1-2H3. The lowest BCUT2D eigenvalue weighted by Crippen LogP contribution is -2.15. The van der Waals surface area contributed by atoms with Gasteiger partial charge in [-0.15, -0.1) is 0 Å². The zero-order valence-corrected chi connectivity index (χ0v) is 9.48. The molecule has 0 atom stereocenters. The van der Waals surface area contributed by atoms with Crippen LogP contribution in [0.4, 0.5) is 0 Å². The minimum atomic E-state index is -0.930. The Morgan fingerprint density at radius 3 is 2.79 bits per heavy atom. The van der Waals surface area contributed by atoms with Crippen molar-refractivity contribution in [1.29, 1.82) is 0 Å². The van der Waals surface area contributed by atoms with E-state index in [1.807, 2.05) is 6.20 Å². The normalized spacial score (nSPS) is 12.3. The maximum Gasteiger partial charge on any atom is 0.234 e. The van der Waals surface area contributed by atoms with E-state index in [4.69, 9.17) is 0 Å². The van der Waals surface area contributed by atoms with Crippen molar-refractivity contribution in [2.24, 2.45) is 0 Å². The average Bonchev–Trinajstić information content (AvgIpc) is 2.45. The fraction of sp³-hybridized carbons (Fsp3) is 0.333. The molecule has 0 aromatic carbocycles. The van der Waals surface area contributed by atoms with E-state index in [0.717, 1.165) is 4.47 Å². The quantitative estimate of drug-likeness (QED) is 0.845. The Bertz CT molecular complexity index is 472. The Balaban J connectivity index is 2.63. The highest BCUT2D eigenvalue weighted by Crippen LogP contribution is 2.19. The summed E-state index contributed by atoms with van der Waals surface area (Å²) in [4.78, 5) is 8.31. The molecular weight excluding hydrogens is 246 g/mol. The molecule has 0 bridgehead atoms. The zero-order chi connectivity index (χ0) is 10.3. The fourth-order valence-electron chi connectivity index (χ4n) is 1.15. The topological polar surface area (TPSA) is 50.4 Å². The monoisotopic (exact) mass is 255 g/mol. The van der Waals surface area contributed by atoms with Gasteiger partial charge in [0.15, 0.2) is 0 Å². The number of hydrogen-bond acceptors (Lipinski definition) is 3. The minimum Gasteiger partial charge on any atom is -0.384 e. The zero-order valence-electron chi connectivity index (χ0n) is 7.90. The second-order valence-corrected chi connectivity index (χ2v) is 4.58. The number of aromatic nitrogens is 3. The maximum atomic E-state index is 9.74. The third-order valence-corrected chi connectivity index (χ3v) is 2.31. The van der Waals surface area contributed by atoms with Crippen LogP contribution in [0.3, 0.4) is 0 Å². The van der Waals surface area contributed by atoms with E-state index < -0.39 is 5.60 Å². The van der Waals surface area contributed by atoms with Crippen LogP contribution in [0.1, 0.15) is 19.5 Å². The largest absolute Gasteiger partial charge is 0.384 e. The molecule has 0 fully saturated rings. The highest BCUT2D eigenvalue weighted by molar-refractivity contribution is 9.10. The summed E-state index contributed by atoms with van der Waals surface area (Å²) >= 11 is 3.32. The molecular formula is C9H10BrN3O. The first-order valence-electron chi connectivity index (χ1n) is 4.20. The molecule has 0 spiro atoms. The van der Waals surface area contributed by atoms with Crippen molar-refractivity contribution in [3.63, 3.8) is 0 Å². The van der Waals surface area contributed by atoms with E-state index in [1.165, 1.54) is 0 Å². The summed E-state index contributed by atoms with van der Waals surface area (Å²) in [5.41, 5.74) is -0.316. The number of halogens is 1. The summed E-state index contributed by atoms with van der Waals surface area (Å²) in [5, 5.41) is 9.74. The minimum absolute atomic E-state index is 0.588. The molecule has 1 N–H and O–H groups in total. The molecule has 4 nitrogen and oxygen atoms in total. The van der Waals surface area contributed by atoms with Crippen molar-refractivity contribution in [3.05, 3.63) is 28.8 Å². The van der Waals surface area contributed by atoms with Crippen molar-refractivity contribution in [1.82, 2.24) is 14.4 Å². The number of aliphatic hydroxyl groups is 1. The number of nitrogens with zero attached hydrogens (tertiary/aromatic N) is 3. The highest BCUT2D eigenvalue weighted by atomic mass is 79.9. The van der Waals surface area contributed by atoms with Crippen LogP contribution in [-0.4, -0.2) is 19.5 Å². The van der Waals surface area contributed by atoms with Crippen molar-refractivity contribution >= 4 is 21.7 Å². The van der Waals surface area contributed by atoms with E-state index in [2.05, 4.69) is 25.9 Å². The van der Waals surface area contributed by atoms with Crippen LogP contribution < -0.4 is 0 Å². The molecule has 0 radical (unpaired) electrons. The van der Waals surface area contributed by atoms with Gasteiger partial charge in [0.05, 0.1) is 10.2 Å². The van der Waals surface area contributed by atoms with Crippen LogP contribution in [0.5, 0.6) is 0 Å². The molecule has 2 aromatic heterocycles. The first-order chi connectivity index (χ1) is 6.47. The summed E-state index contributed by atoms with van der Waals surface area (Å²) in [6.07, 6.45) is 5.30. The van der Waals surface area contributed by atoms with Crippen LogP contribution in [0.2, 0.25) is 0 Å². The lowest BCUT2D eigenvalue weighted by Gasteiger charge is -2.12. The Labute approximate surface area is 89.7 Å². The molecule has 0 aliphatic carbocycles. The first-order valence-corrected chi connectivity index (χ1v) is 4.99. The summed E-state index contributed by atoms with van der Waals surface area (Å²) in [5.74, 6) is 0.588. The predicted molar refractivity (Wildman–Crippen MR) is 55.9 cm³/mol. The molecule has 0 amide bonds. The fourth-order valence-corrected chi connectivity index (χ4v) is 1.48. The van der Waals surface area contributed by atoms with Gasteiger partial charge in [0.2, 0.25) is 5.78 Å².